The molecule has 0 aliphatic heterocycles. The third-order valence-electron chi connectivity index (χ3n) is 2.12. The summed E-state index contributed by atoms with van der Waals surface area (Å²) < 4.78 is 41.0. The molecule has 5 heteroatoms. The largest absolute Gasteiger partial charge is 0.496 e. The summed E-state index contributed by atoms with van der Waals surface area (Å²) >= 11 is 0. The standard InChI is InChI=1S/C11H13F3O2/c1-16-10-5-3-2-4-8(10)6-9(15)7-11(12,13)14/h2-5,9,15H,6-7H2,1H3. The van der Waals surface area contributed by atoms with Gasteiger partial charge in [0.05, 0.1) is 19.6 Å². The van der Waals surface area contributed by atoms with Gasteiger partial charge >= 0.3 is 6.18 Å². The summed E-state index contributed by atoms with van der Waals surface area (Å²) in [6, 6.07) is 6.70. The van der Waals surface area contributed by atoms with Crippen LogP contribution >= 0.6 is 0 Å². The Morgan fingerprint density at radius 2 is 1.94 bits per heavy atom. The van der Waals surface area contributed by atoms with E-state index in [4.69, 9.17) is 4.74 Å². The van der Waals surface area contributed by atoms with Crippen LogP contribution in [0.15, 0.2) is 24.3 Å². The van der Waals surface area contributed by atoms with Gasteiger partial charge < -0.3 is 9.84 Å². The van der Waals surface area contributed by atoms with Gasteiger partial charge in [0.15, 0.2) is 0 Å². The van der Waals surface area contributed by atoms with Crippen LogP contribution in [-0.4, -0.2) is 24.5 Å². The third kappa shape index (κ3) is 4.10. The van der Waals surface area contributed by atoms with E-state index in [-0.39, 0.29) is 6.42 Å². The molecule has 0 saturated heterocycles. The Bertz CT molecular complexity index is 336. The minimum absolute atomic E-state index is 0.0659. The number of rotatable bonds is 4. The van der Waals surface area contributed by atoms with Crippen LogP contribution in [0.2, 0.25) is 0 Å². The molecule has 0 spiro atoms. The van der Waals surface area contributed by atoms with Gasteiger partial charge in [-0.15, -0.1) is 0 Å². The number of para-hydroxylation sites is 1. The van der Waals surface area contributed by atoms with Gasteiger partial charge in [-0.3, -0.25) is 0 Å². The van der Waals surface area contributed by atoms with Gasteiger partial charge in [-0.05, 0) is 11.6 Å². The van der Waals surface area contributed by atoms with Crippen molar-refractivity contribution in [2.24, 2.45) is 0 Å². The molecule has 0 radical (unpaired) electrons. The molecule has 0 fully saturated rings. The third-order valence-corrected chi connectivity index (χ3v) is 2.12. The van der Waals surface area contributed by atoms with Crippen LogP contribution in [0.4, 0.5) is 13.2 Å². The van der Waals surface area contributed by atoms with Gasteiger partial charge in [0.25, 0.3) is 0 Å². The van der Waals surface area contributed by atoms with Crippen LogP contribution in [-0.2, 0) is 6.42 Å². The number of ether oxygens (including phenoxy) is 1. The smallest absolute Gasteiger partial charge is 0.391 e. The maximum atomic E-state index is 12.0. The van der Waals surface area contributed by atoms with Crippen molar-refractivity contribution in [2.75, 3.05) is 7.11 Å². The van der Waals surface area contributed by atoms with E-state index < -0.39 is 18.7 Å². The van der Waals surface area contributed by atoms with Crippen molar-refractivity contribution in [1.29, 1.82) is 0 Å². The molecule has 90 valence electrons. The van der Waals surface area contributed by atoms with Gasteiger partial charge in [0.1, 0.15) is 5.75 Å². The maximum absolute atomic E-state index is 12.0. The molecule has 2 nitrogen and oxygen atoms in total. The number of aliphatic hydroxyl groups excluding tert-OH is 1. The molecule has 1 N–H and O–H groups in total. The summed E-state index contributed by atoms with van der Waals surface area (Å²) in [6.45, 7) is 0. The molecular weight excluding hydrogens is 221 g/mol. The Morgan fingerprint density at radius 3 is 2.50 bits per heavy atom. The summed E-state index contributed by atoms with van der Waals surface area (Å²) in [4.78, 5) is 0. The van der Waals surface area contributed by atoms with Gasteiger partial charge in [-0.2, -0.15) is 13.2 Å². The summed E-state index contributed by atoms with van der Waals surface area (Å²) in [6.07, 6.45) is -7.05. The minimum Gasteiger partial charge on any atom is -0.496 e. The van der Waals surface area contributed by atoms with E-state index in [0.717, 1.165) is 0 Å². The molecular formula is C11H13F3O2. The van der Waals surface area contributed by atoms with Gasteiger partial charge in [-0.1, -0.05) is 18.2 Å². The van der Waals surface area contributed by atoms with Crippen molar-refractivity contribution in [3.05, 3.63) is 29.8 Å². The van der Waals surface area contributed by atoms with Crippen molar-refractivity contribution in [1.82, 2.24) is 0 Å². The van der Waals surface area contributed by atoms with E-state index in [1.54, 1.807) is 24.3 Å². The van der Waals surface area contributed by atoms with Crippen molar-refractivity contribution in [3.8, 4) is 5.75 Å². The Balaban J connectivity index is 2.65. The van der Waals surface area contributed by atoms with Crippen LogP contribution in [0, 0.1) is 0 Å². The fraction of sp³-hybridized carbons (Fsp3) is 0.455. The molecule has 0 heterocycles. The number of hydrogen-bond acceptors (Lipinski definition) is 2. The zero-order chi connectivity index (χ0) is 12.2. The Hall–Kier alpha value is -1.23. The topological polar surface area (TPSA) is 29.5 Å². The van der Waals surface area contributed by atoms with Crippen molar-refractivity contribution < 1.29 is 23.0 Å². The van der Waals surface area contributed by atoms with E-state index in [1.165, 1.54) is 7.11 Å². The van der Waals surface area contributed by atoms with Crippen molar-refractivity contribution in [3.63, 3.8) is 0 Å². The Labute approximate surface area is 91.7 Å². The zero-order valence-corrected chi connectivity index (χ0v) is 8.79. The second-order valence-electron chi connectivity index (χ2n) is 3.49. The first-order chi connectivity index (χ1) is 7.42. The lowest BCUT2D eigenvalue weighted by Crippen LogP contribution is -2.21. The normalized spacial score (nSPS) is 13.6. The first-order valence-electron chi connectivity index (χ1n) is 4.79. The van der Waals surface area contributed by atoms with Crippen LogP contribution in [0.5, 0.6) is 5.75 Å². The van der Waals surface area contributed by atoms with Crippen molar-refractivity contribution in [2.45, 2.75) is 25.1 Å². The SMILES string of the molecule is COc1ccccc1CC(O)CC(F)(F)F. The number of methoxy groups -OCH3 is 1. The maximum Gasteiger partial charge on any atom is 0.391 e. The van der Waals surface area contributed by atoms with Crippen LogP contribution in [0.1, 0.15) is 12.0 Å². The molecule has 1 aromatic rings. The monoisotopic (exact) mass is 234 g/mol. The van der Waals surface area contributed by atoms with Crippen LogP contribution in [0.3, 0.4) is 0 Å². The summed E-state index contributed by atoms with van der Waals surface area (Å²) in [5, 5.41) is 9.28. The minimum atomic E-state index is -4.35. The first kappa shape index (κ1) is 12.8. The Kier molecular flexibility index (Phi) is 4.18. The van der Waals surface area contributed by atoms with Crippen molar-refractivity contribution >= 4 is 0 Å². The molecule has 1 rings (SSSR count). The molecule has 0 bridgehead atoms. The van der Waals surface area contributed by atoms with E-state index in [0.29, 0.717) is 11.3 Å². The molecule has 0 aromatic heterocycles. The molecule has 16 heavy (non-hydrogen) atoms. The highest BCUT2D eigenvalue weighted by Gasteiger charge is 2.31. The number of alkyl halides is 3. The lowest BCUT2D eigenvalue weighted by atomic mass is 10.0. The van der Waals surface area contributed by atoms with E-state index in [9.17, 15) is 18.3 Å². The second kappa shape index (κ2) is 5.21. The summed E-state index contributed by atoms with van der Waals surface area (Å²) in [5.41, 5.74) is 0.571. The molecule has 0 saturated carbocycles. The second-order valence-corrected chi connectivity index (χ2v) is 3.49. The molecule has 0 aliphatic rings. The van der Waals surface area contributed by atoms with E-state index in [2.05, 4.69) is 0 Å². The number of benzene rings is 1. The van der Waals surface area contributed by atoms with E-state index in [1.807, 2.05) is 0 Å². The summed E-state index contributed by atoms with van der Waals surface area (Å²) in [5.74, 6) is 0.490. The quantitative estimate of drug-likeness (QED) is 0.867. The molecule has 1 aromatic carbocycles. The predicted octanol–water partition coefficient (Wildman–Crippen LogP) is 2.55. The van der Waals surface area contributed by atoms with E-state index >= 15 is 0 Å². The fourth-order valence-electron chi connectivity index (χ4n) is 1.46. The molecule has 1 unspecified atom stereocenters. The average Bonchev–Trinajstić information content (AvgIpc) is 2.15. The first-order valence-corrected chi connectivity index (χ1v) is 4.79. The van der Waals surface area contributed by atoms with Gasteiger partial charge in [0.2, 0.25) is 0 Å². The highest BCUT2D eigenvalue weighted by atomic mass is 19.4. The van der Waals surface area contributed by atoms with Crippen LogP contribution in [0.25, 0.3) is 0 Å². The Morgan fingerprint density at radius 1 is 1.31 bits per heavy atom. The van der Waals surface area contributed by atoms with Crippen LogP contribution < -0.4 is 4.74 Å². The predicted molar refractivity (Wildman–Crippen MR) is 53.4 cm³/mol. The molecule has 0 aliphatic carbocycles. The van der Waals surface area contributed by atoms with Gasteiger partial charge in [-0.25, -0.2) is 0 Å². The zero-order valence-electron chi connectivity index (χ0n) is 8.79. The fourth-order valence-corrected chi connectivity index (χ4v) is 1.46. The number of aliphatic hydroxyl groups is 1. The average molecular weight is 234 g/mol. The highest BCUT2D eigenvalue weighted by molar-refractivity contribution is 5.33. The lowest BCUT2D eigenvalue weighted by molar-refractivity contribution is -0.153. The number of hydrogen-bond donors (Lipinski definition) is 1. The number of halogens is 3. The van der Waals surface area contributed by atoms with Gasteiger partial charge in [0, 0.05) is 6.42 Å². The molecule has 1 atom stereocenters. The summed E-state index contributed by atoms with van der Waals surface area (Å²) in [7, 11) is 1.44. The highest BCUT2D eigenvalue weighted by Crippen LogP contribution is 2.25. The molecule has 0 amide bonds. The lowest BCUT2D eigenvalue weighted by Gasteiger charge is -2.14.